The molecule has 1 aliphatic heterocycles. The Balaban J connectivity index is 2.03. The minimum absolute atomic E-state index is 0.112. The average Bonchev–Trinajstić information content (AvgIpc) is 2.84. The van der Waals surface area contributed by atoms with Gasteiger partial charge in [-0.15, -0.1) is 0 Å². The van der Waals surface area contributed by atoms with Crippen molar-refractivity contribution in [1.29, 1.82) is 0 Å². The maximum Gasteiger partial charge on any atom is 0.203 e. The second kappa shape index (κ2) is 4.69. The topological polar surface area (TPSA) is 51.0 Å². The lowest BCUT2D eigenvalue weighted by molar-refractivity contribution is 0.234. The highest BCUT2D eigenvalue weighted by Gasteiger charge is 2.37. The van der Waals surface area contributed by atoms with Gasteiger partial charge in [0.2, 0.25) is 5.89 Å². The molecule has 0 atom stereocenters. The number of piperidine rings is 1. The van der Waals surface area contributed by atoms with Gasteiger partial charge in [-0.2, -0.15) is 4.98 Å². The Kier molecular flexibility index (Phi) is 3.04. The molecule has 96 valence electrons. The van der Waals surface area contributed by atoms with Crippen molar-refractivity contribution in [2.45, 2.75) is 38.0 Å². The van der Waals surface area contributed by atoms with Gasteiger partial charge in [0.05, 0.1) is 0 Å². The van der Waals surface area contributed by atoms with E-state index in [9.17, 15) is 0 Å². The highest BCUT2D eigenvalue weighted by atomic mass is 16.3. The molecule has 0 aromatic carbocycles. The van der Waals surface area contributed by atoms with Crippen LogP contribution in [0, 0.1) is 0 Å². The van der Waals surface area contributed by atoms with Gasteiger partial charge >= 0.3 is 0 Å². The van der Waals surface area contributed by atoms with Crippen LogP contribution in [0.5, 0.6) is 0 Å². The molecule has 2 aromatic rings. The van der Waals surface area contributed by atoms with Crippen molar-refractivity contribution in [3.05, 3.63) is 24.2 Å². The number of oxazole rings is 1. The molecule has 0 unspecified atom stereocenters. The van der Waals surface area contributed by atoms with Gasteiger partial charge in [-0.1, -0.05) is 13.3 Å². The monoisotopic (exact) mass is 245 g/mol. The summed E-state index contributed by atoms with van der Waals surface area (Å²) in [6, 6.07) is 3.84. The van der Waals surface area contributed by atoms with Crippen molar-refractivity contribution in [1.82, 2.24) is 15.3 Å². The summed E-state index contributed by atoms with van der Waals surface area (Å²) in [7, 11) is 0. The summed E-state index contributed by atoms with van der Waals surface area (Å²) in [6.45, 7) is 4.32. The van der Waals surface area contributed by atoms with Crippen molar-refractivity contribution in [3.63, 3.8) is 0 Å². The third-order valence-corrected chi connectivity index (χ3v) is 3.91. The number of nitrogens with zero attached hydrogens (tertiary/aromatic N) is 2. The van der Waals surface area contributed by atoms with Crippen LogP contribution < -0.4 is 5.32 Å². The van der Waals surface area contributed by atoms with E-state index in [4.69, 9.17) is 4.42 Å². The third-order valence-electron chi connectivity index (χ3n) is 3.91. The van der Waals surface area contributed by atoms with Crippen molar-refractivity contribution >= 4 is 11.2 Å². The molecule has 2 aromatic heterocycles. The van der Waals surface area contributed by atoms with Gasteiger partial charge in [0.1, 0.15) is 0 Å². The van der Waals surface area contributed by atoms with E-state index in [1.165, 1.54) is 0 Å². The Morgan fingerprint density at radius 3 is 2.94 bits per heavy atom. The van der Waals surface area contributed by atoms with E-state index in [0.29, 0.717) is 0 Å². The average molecular weight is 245 g/mol. The molecular weight excluding hydrogens is 226 g/mol. The summed E-state index contributed by atoms with van der Waals surface area (Å²) >= 11 is 0. The second-order valence-corrected chi connectivity index (χ2v) is 5.12. The predicted octanol–water partition coefficient (Wildman–Crippen LogP) is 2.64. The zero-order valence-electron chi connectivity index (χ0n) is 10.8. The molecule has 18 heavy (non-hydrogen) atoms. The summed E-state index contributed by atoms with van der Waals surface area (Å²) in [5, 5.41) is 3.42. The largest absolute Gasteiger partial charge is 0.438 e. The van der Waals surface area contributed by atoms with Crippen LogP contribution in [-0.4, -0.2) is 23.1 Å². The number of hydrogen-bond acceptors (Lipinski definition) is 4. The van der Waals surface area contributed by atoms with Gasteiger partial charge in [0.25, 0.3) is 0 Å². The Hall–Kier alpha value is -1.42. The maximum absolute atomic E-state index is 5.96. The lowest BCUT2D eigenvalue weighted by atomic mass is 9.75. The fourth-order valence-electron chi connectivity index (χ4n) is 2.95. The molecule has 1 fully saturated rings. The first kappa shape index (κ1) is 11.7. The van der Waals surface area contributed by atoms with Crippen molar-refractivity contribution in [3.8, 4) is 0 Å². The van der Waals surface area contributed by atoms with E-state index < -0.39 is 0 Å². The second-order valence-electron chi connectivity index (χ2n) is 5.12. The van der Waals surface area contributed by atoms with Crippen LogP contribution in [0.2, 0.25) is 0 Å². The number of hydrogen-bond donors (Lipinski definition) is 1. The van der Waals surface area contributed by atoms with Crippen LogP contribution >= 0.6 is 0 Å². The molecule has 0 saturated carbocycles. The number of nitrogens with one attached hydrogen (secondary N) is 1. The van der Waals surface area contributed by atoms with E-state index >= 15 is 0 Å². The molecule has 0 radical (unpaired) electrons. The van der Waals surface area contributed by atoms with Crippen LogP contribution in [0.1, 0.15) is 38.5 Å². The van der Waals surface area contributed by atoms with Crippen LogP contribution in [0.25, 0.3) is 11.2 Å². The molecule has 0 bridgehead atoms. The van der Waals surface area contributed by atoms with Gasteiger partial charge in [-0.25, -0.2) is 4.98 Å². The Bertz CT molecular complexity index is 490. The molecule has 1 aliphatic rings. The maximum atomic E-state index is 5.96. The lowest BCUT2D eigenvalue weighted by Gasteiger charge is -2.34. The fraction of sp³-hybridized carbons (Fsp3) is 0.571. The van der Waals surface area contributed by atoms with Crippen molar-refractivity contribution in [2.75, 3.05) is 13.1 Å². The number of rotatable bonds is 3. The van der Waals surface area contributed by atoms with E-state index in [1.54, 1.807) is 6.20 Å². The van der Waals surface area contributed by atoms with Gasteiger partial charge in [0.15, 0.2) is 11.2 Å². The van der Waals surface area contributed by atoms with Crippen LogP contribution in [0.4, 0.5) is 0 Å². The summed E-state index contributed by atoms with van der Waals surface area (Å²) in [6.07, 6.45) is 6.28. The highest BCUT2D eigenvalue weighted by molar-refractivity contribution is 5.67. The van der Waals surface area contributed by atoms with Crippen LogP contribution in [-0.2, 0) is 5.41 Å². The van der Waals surface area contributed by atoms with Gasteiger partial charge < -0.3 is 9.73 Å². The number of fused-ring (bicyclic) bond motifs is 1. The quantitative estimate of drug-likeness (QED) is 0.903. The van der Waals surface area contributed by atoms with E-state index in [0.717, 1.165) is 55.9 Å². The van der Waals surface area contributed by atoms with E-state index in [2.05, 4.69) is 22.2 Å². The molecule has 1 N–H and O–H groups in total. The molecule has 4 heteroatoms. The molecule has 1 saturated heterocycles. The lowest BCUT2D eigenvalue weighted by Crippen LogP contribution is -2.40. The molecule has 4 nitrogen and oxygen atoms in total. The predicted molar refractivity (Wildman–Crippen MR) is 70.5 cm³/mol. The van der Waals surface area contributed by atoms with Gasteiger partial charge in [-0.05, 0) is 44.5 Å². The summed E-state index contributed by atoms with van der Waals surface area (Å²) < 4.78 is 5.96. The van der Waals surface area contributed by atoms with E-state index in [-0.39, 0.29) is 5.41 Å². The minimum atomic E-state index is 0.112. The van der Waals surface area contributed by atoms with Crippen molar-refractivity contribution in [2.24, 2.45) is 0 Å². The molecule has 0 aliphatic carbocycles. The molecule has 0 spiro atoms. The standard InChI is InChI=1S/C14H19N3O/c1-2-5-14(6-9-15-10-7-14)13-17-12-11(18-13)4-3-8-16-12/h3-4,8,15H,2,5-7,9-10H2,1H3. The van der Waals surface area contributed by atoms with Crippen LogP contribution in [0.3, 0.4) is 0 Å². The first-order chi connectivity index (χ1) is 8.84. The zero-order valence-corrected chi connectivity index (χ0v) is 10.8. The Morgan fingerprint density at radius 1 is 1.39 bits per heavy atom. The summed E-state index contributed by atoms with van der Waals surface area (Å²) in [4.78, 5) is 8.89. The highest BCUT2D eigenvalue weighted by Crippen LogP contribution is 2.38. The van der Waals surface area contributed by atoms with Crippen LogP contribution in [0.15, 0.2) is 22.7 Å². The molecule has 3 rings (SSSR count). The first-order valence-electron chi connectivity index (χ1n) is 6.77. The normalized spacial score (nSPS) is 19.2. The number of aromatic nitrogens is 2. The number of pyridine rings is 1. The molecule has 3 heterocycles. The minimum Gasteiger partial charge on any atom is -0.438 e. The zero-order chi connectivity index (χ0) is 12.4. The summed E-state index contributed by atoms with van der Waals surface area (Å²) in [5.41, 5.74) is 1.66. The Labute approximate surface area is 107 Å². The molecule has 0 amide bonds. The third kappa shape index (κ3) is 1.90. The smallest absolute Gasteiger partial charge is 0.203 e. The van der Waals surface area contributed by atoms with Gasteiger partial charge in [0, 0.05) is 11.6 Å². The fourth-order valence-corrected chi connectivity index (χ4v) is 2.95. The summed E-state index contributed by atoms with van der Waals surface area (Å²) in [5.74, 6) is 0.888. The van der Waals surface area contributed by atoms with E-state index in [1.807, 2.05) is 12.1 Å². The first-order valence-corrected chi connectivity index (χ1v) is 6.77. The Morgan fingerprint density at radius 2 is 2.22 bits per heavy atom. The van der Waals surface area contributed by atoms with Crippen molar-refractivity contribution < 1.29 is 4.42 Å². The molecular formula is C14H19N3O. The SMILES string of the molecule is CCCC1(c2nc3ncccc3o2)CCNCC1. The van der Waals surface area contributed by atoms with Gasteiger partial charge in [-0.3, -0.25) is 0 Å².